The summed E-state index contributed by atoms with van der Waals surface area (Å²) in [7, 11) is -5.71. The zero-order valence-corrected chi connectivity index (χ0v) is 23.5. The standard InChI is InChI=1S/C26H24O6P.CHF3O3S/c1-30-24(27)22(25(28)31-2)23(26(29)32-3)33(19-13-7-4-8-14-19,20-15-9-5-10-16-20)21-17-11-6-12-18-21;2-1(3,4)8(5,6)7/h4-18H,1-3H3;(H,5,6,7)/q+1;/p-1. The molecule has 14 heteroatoms. The van der Waals surface area contributed by atoms with Gasteiger partial charge >= 0.3 is 23.4 Å². The molecule has 0 bridgehead atoms. The predicted molar refractivity (Wildman–Crippen MR) is 144 cm³/mol. The minimum atomic E-state index is -6.09. The maximum atomic E-state index is 13.5. The first kappa shape index (κ1) is 33.1. The average Bonchev–Trinajstić information content (AvgIpc) is 2.97. The Kier molecular flexibility index (Phi) is 11.3. The molecule has 41 heavy (non-hydrogen) atoms. The van der Waals surface area contributed by atoms with E-state index in [2.05, 4.69) is 0 Å². The van der Waals surface area contributed by atoms with Gasteiger partial charge in [0, 0.05) is 0 Å². The van der Waals surface area contributed by atoms with Gasteiger partial charge in [-0.15, -0.1) is 0 Å². The van der Waals surface area contributed by atoms with Gasteiger partial charge in [-0.2, -0.15) is 13.2 Å². The first-order valence-corrected chi connectivity index (χ1v) is 14.5. The van der Waals surface area contributed by atoms with Gasteiger partial charge in [-0.1, -0.05) is 54.6 Å². The lowest BCUT2D eigenvalue weighted by Crippen LogP contribution is -2.37. The molecule has 0 aliphatic carbocycles. The van der Waals surface area contributed by atoms with Gasteiger partial charge in [0.05, 0.1) is 21.3 Å². The molecule has 0 fully saturated rings. The van der Waals surface area contributed by atoms with Crippen LogP contribution in [0.4, 0.5) is 13.2 Å². The highest BCUT2D eigenvalue weighted by Gasteiger charge is 2.57. The summed E-state index contributed by atoms with van der Waals surface area (Å²) < 4.78 is 73.9. The Balaban J connectivity index is 0.000000642. The van der Waals surface area contributed by atoms with E-state index in [1.807, 2.05) is 91.0 Å². The number of hydrogen-bond donors (Lipinski definition) is 0. The van der Waals surface area contributed by atoms with Crippen molar-refractivity contribution in [2.24, 2.45) is 0 Å². The van der Waals surface area contributed by atoms with Crippen LogP contribution in [0.2, 0.25) is 0 Å². The van der Waals surface area contributed by atoms with Crippen molar-refractivity contribution < 1.29 is 54.7 Å². The highest BCUT2D eigenvalue weighted by Crippen LogP contribution is 2.63. The zero-order valence-electron chi connectivity index (χ0n) is 21.8. The lowest BCUT2D eigenvalue weighted by molar-refractivity contribution is -0.145. The van der Waals surface area contributed by atoms with Crippen LogP contribution in [0.25, 0.3) is 0 Å². The summed E-state index contributed by atoms with van der Waals surface area (Å²) in [5.41, 5.74) is -6.13. The number of hydrogen-bond acceptors (Lipinski definition) is 9. The Morgan fingerprint density at radius 1 is 0.634 bits per heavy atom. The minimum Gasteiger partial charge on any atom is -0.741 e. The van der Waals surface area contributed by atoms with Gasteiger partial charge < -0.3 is 18.8 Å². The van der Waals surface area contributed by atoms with Crippen LogP contribution in [-0.4, -0.2) is 57.7 Å². The molecule has 0 saturated heterocycles. The molecule has 0 aliphatic rings. The summed E-state index contributed by atoms with van der Waals surface area (Å²) in [6.07, 6.45) is 0. The molecule has 0 aromatic heterocycles. The van der Waals surface area contributed by atoms with Gasteiger partial charge in [-0.3, -0.25) is 0 Å². The van der Waals surface area contributed by atoms with Crippen LogP contribution < -0.4 is 15.9 Å². The van der Waals surface area contributed by atoms with Crippen LogP contribution in [0.3, 0.4) is 0 Å². The lowest BCUT2D eigenvalue weighted by atomic mass is 10.2. The molecule has 0 radical (unpaired) electrons. The Morgan fingerprint density at radius 2 is 0.902 bits per heavy atom. The van der Waals surface area contributed by atoms with Gasteiger partial charge in [0.1, 0.15) is 15.9 Å². The molecule has 0 atom stereocenters. The molecule has 3 aromatic rings. The van der Waals surface area contributed by atoms with Gasteiger partial charge in [0.2, 0.25) is 5.31 Å². The highest BCUT2D eigenvalue weighted by atomic mass is 32.2. The van der Waals surface area contributed by atoms with E-state index >= 15 is 0 Å². The Morgan fingerprint density at radius 3 is 1.12 bits per heavy atom. The SMILES string of the molecule is COC(=O)C(C(=O)OC)=C(C(=O)OC)[P+](c1ccccc1)(c1ccccc1)c1ccccc1.O=S(=O)([O-])C(F)(F)F. The van der Waals surface area contributed by atoms with Crippen LogP contribution in [0, 0.1) is 0 Å². The molecule has 0 spiro atoms. The summed E-state index contributed by atoms with van der Waals surface area (Å²) in [4.78, 5) is 39.4. The van der Waals surface area contributed by atoms with Crippen molar-refractivity contribution in [1.29, 1.82) is 0 Å². The number of carbonyl (C=O) groups is 3. The number of ether oxygens (including phenoxy) is 3. The van der Waals surface area contributed by atoms with Gasteiger partial charge in [-0.05, 0) is 36.4 Å². The van der Waals surface area contributed by atoms with E-state index in [4.69, 9.17) is 27.2 Å². The maximum absolute atomic E-state index is 13.5. The molecule has 0 amide bonds. The normalized spacial score (nSPS) is 11.3. The topological polar surface area (TPSA) is 136 Å². The van der Waals surface area contributed by atoms with E-state index in [1.54, 1.807) is 0 Å². The largest absolute Gasteiger partial charge is 0.741 e. The summed E-state index contributed by atoms with van der Waals surface area (Å²) in [5.74, 6) is -2.77. The molecule has 0 aliphatic heterocycles. The van der Waals surface area contributed by atoms with Crippen molar-refractivity contribution in [3.8, 4) is 0 Å². The zero-order chi connectivity index (χ0) is 30.8. The van der Waals surface area contributed by atoms with Crippen LogP contribution in [0.15, 0.2) is 102 Å². The fourth-order valence-corrected chi connectivity index (χ4v) is 8.18. The molecule has 0 N–H and O–H groups in total. The van der Waals surface area contributed by atoms with E-state index in [0.29, 0.717) is 0 Å². The fraction of sp³-hybridized carbons (Fsp3) is 0.148. The molecule has 9 nitrogen and oxygen atoms in total. The summed E-state index contributed by atoms with van der Waals surface area (Å²) in [5, 5.41) is 2.18. The highest BCUT2D eigenvalue weighted by molar-refractivity contribution is 7.99. The second-order valence-electron chi connectivity index (χ2n) is 7.78. The molecule has 3 aromatic carbocycles. The summed E-state index contributed by atoms with van der Waals surface area (Å²) in [6, 6.07) is 27.9. The Hall–Kier alpha value is -4.06. The van der Waals surface area contributed by atoms with Crippen LogP contribution >= 0.6 is 7.26 Å². The van der Waals surface area contributed by atoms with Crippen molar-refractivity contribution in [2.75, 3.05) is 21.3 Å². The van der Waals surface area contributed by atoms with Gasteiger partial charge in [0.25, 0.3) is 0 Å². The number of esters is 3. The van der Waals surface area contributed by atoms with Crippen molar-refractivity contribution in [2.45, 2.75) is 5.51 Å². The summed E-state index contributed by atoms with van der Waals surface area (Å²) >= 11 is 0. The predicted octanol–water partition coefficient (Wildman–Crippen LogP) is 2.81. The first-order valence-electron chi connectivity index (χ1n) is 11.3. The number of methoxy groups -OCH3 is 3. The molecule has 0 saturated carbocycles. The smallest absolute Gasteiger partial charge is 0.485 e. The summed E-state index contributed by atoms with van der Waals surface area (Å²) in [6.45, 7) is 0. The Bertz CT molecular complexity index is 1380. The maximum Gasteiger partial charge on any atom is 0.485 e. The molecular formula is C27H24F3O9PS. The first-order chi connectivity index (χ1) is 19.3. The van der Waals surface area contributed by atoms with Gasteiger partial charge in [-0.25, -0.2) is 22.8 Å². The van der Waals surface area contributed by atoms with E-state index in [0.717, 1.165) is 30.1 Å². The van der Waals surface area contributed by atoms with E-state index < -0.39 is 46.4 Å². The third-order valence-corrected chi connectivity index (χ3v) is 10.3. The molecule has 3 rings (SSSR count). The average molecular weight is 613 g/mol. The number of halogens is 3. The Labute approximate surface area is 234 Å². The monoisotopic (exact) mass is 612 g/mol. The van der Waals surface area contributed by atoms with E-state index in [-0.39, 0.29) is 5.31 Å². The second kappa shape index (κ2) is 14.0. The quantitative estimate of drug-likeness (QED) is 0.0577. The van der Waals surface area contributed by atoms with E-state index in [9.17, 15) is 27.6 Å². The number of benzene rings is 3. The third-order valence-electron chi connectivity index (χ3n) is 5.44. The molecule has 0 unspecified atom stereocenters. The van der Waals surface area contributed by atoms with Crippen LogP contribution in [-0.2, 0) is 38.7 Å². The van der Waals surface area contributed by atoms with E-state index in [1.165, 1.54) is 7.11 Å². The van der Waals surface area contributed by atoms with Crippen molar-refractivity contribution in [1.82, 2.24) is 0 Å². The second-order valence-corrected chi connectivity index (χ2v) is 12.5. The third kappa shape index (κ3) is 7.37. The number of rotatable bonds is 7. The van der Waals surface area contributed by atoms with Crippen molar-refractivity contribution >= 4 is 51.2 Å². The fourth-order valence-electron chi connectivity index (χ4n) is 3.77. The number of alkyl halides is 3. The minimum absolute atomic E-state index is 0.0905. The van der Waals surface area contributed by atoms with Crippen molar-refractivity contribution in [3.05, 3.63) is 102 Å². The van der Waals surface area contributed by atoms with Crippen LogP contribution in [0.1, 0.15) is 0 Å². The molecular weight excluding hydrogens is 588 g/mol. The van der Waals surface area contributed by atoms with Crippen molar-refractivity contribution in [3.63, 3.8) is 0 Å². The lowest BCUT2D eigenvalue weighted by Gasteiger charge is -2.29. The molecule has 218 valence electrons. The number of carbonyl (C=O) groups excluding carboxylic acids is 3. The van der Waals surface area contributed by atoms with Crippen LogP contribution in [0.5, 0.6) is 0 Å². The molecule has 0 heterocycles. The van der Waals surface area contributed by atoms with Gasteiger partial charge in [0.15, 0.2) is 23.0 Å².